The summed E-state index contributed by atoms with van der Waals surface area (Å²) in [5.41, 5.74) is 7.59. The van der Waals surface area contributed by atoms with Crippen LogP contribution in [-0.4, -0.2) is 19.9 Å². The number of nitrogens with zero attached hydrogens (tertiary/aromatic N) is 4. The average molecular weight is 603 g/mol. The van der Waals surface area contributed by atoms with Crippen LogP contribution in [-0.2, 0) is 0 Å². The smallest absolute Gasteiger partial charge is 0.227 e. The van der Waals surface area contributed by atoms with E-state index in [0.29, 0.717) is 23.4 Å². The summed E-state index contributed by atoms with van der Waals surface area (Å²) in [6.07, 6.45) is 0. The van der Waals surface area contributed by atoms with Gasteiger partial charge in [-0.2, -0.15) is 0 Å². The SMILES string of the molecule is c1ccc(-c2nc(-c3ccc(-c4nc5c(ccc6ccccc65)o4)cc3)nc(-c3ccc(-c4cccc5ccccc45)cc3)n2)cc1. The van der Waals surface area contributed by atoms with Gasteiger partial charge in [-0.3, -0.25) is 0 Å². The molecule has 0 unspecified atom stereocenters. The summed E-state index contributed by atoms with van der Waals surface area (Å²) in [4.78, 5) is 19.6. The summed E-state index contributed by atoms with van der Waals surface area (Å²) in [6.45, 7) is 0. The lowest BCUT2D eigenvalue weighted by Crippen LogP contribution is -2.00. The Bertz CT molecular complexity index is 2550. The number of benzene rings is 7. The number of rotatable bonds is 5. The molecular weight excluding hydrogens is 576 g/mol. The number of hydrogen-bond donors (Lipinski definition) is 0. The molecule has 220 valence electrons. The minimum absolute atomic E-state index is 0.579. The number of hydrogen-bond acceptors (Lipinski definition) is 5. The predicted molar refractivity (Wildman–Crippen MR) is 190 cm³/mol. The molecule has 2 aromatic heterocycles. The van der Waals surface area contributed by atoms with E-state index >= 15 is 0 Å². The Morgan fingerprint density at radius 1 is 0.340 bits per heavy atom. The van der Waals surface area contributed by atoms with Gasteiger partial charge in [-0.15, -0.1) is 0 Å². The van der Waals surface area contributed by atoms with Crippen LogP contribution in [0.1, 0.15) is 0 Å². The molecule has 0 saturated carbocycles. The van der Waals surface area contributed by atoms with Crippen LogP contribution in [0, 0.1) is 0 Å². The maximum absolute atomic E-state index is 6.17. The first kappa shape index (κ1) is 26.9. The third kappa shape index (κ3) is 4.91. The molecule has 9 aromatic rings. The standard InChI is InChI=1S/C42H26N4O/c1-2-11-30(12-3-1)39-44-40(31-19-17-29(18-20-31)35-16-8-13-27-9-4-6-14-34(27)35)46-41(45-39)32-21-23-33(24-22-32)42-43-38-36-15-7-5-10-28(36)25-26-37(38)47-42/h1-26H. The van der Waals surface area contributed by atoms with E-state index in [4.69, 9.17) is 24.4 Å². The Hall–Kier alpha value is -6.46. The summed E-state index contributed by atoms with van der Waals surface area (Å²) in [6, 6.07) is 53.7. The second-order valence-electron chi connectivity index (χ2n) is 11.5. The van der Waals surface area contributed by atoms with Crippen LogP contribution in [0.15, 0.2) is 162 Å². The van der Waals surface area contributed by atoms with Gasteiger partial charge in [0.1, 0.15) is 5.52 Å². The fourth-order valence-corrected chi connectivity index (χ4v) is 6.17. The molecule has 0 bridgehead atoms. The van der Waals surface area contributed by atoms with Crippen LogP contribution in [0.5, 0.6) is 0 Å². The summed E-state index contributed by atoms with van der Waals surface area (Å²) < 4.78 is 6.17. The van der Waals surface area contributed by atoms with Crippen molar-refractivity contribution in [3.63, 3.8) is 0 Å². The van der Waals surface area contributed by atoms with Gasteiger partial charge in [0.2, 0.25) is 5.89 Å². The van der Waals surface area contributed by atoms with Crippen molar-refractivity contribution in [2.75, 3.05) is 0 Å². The van der Waals surface area contributed by atoms with Gasteiger partial charge in [-0.25, -0.2) is 19.9 Å². The second kappa shape index (κ2) is 11.2. The van der Waals surface area contributed by atoms with Crippen molar-refractivity contribution in [2.24, 2.45) is 0 Å². The highest BCUT2D eigenvalue weighted by atomic mass is 16.3. The van der Waals surface area contributed by atoms with Gasteiger partial charge in [0.05, 0.1) is 0 Å². The summed E-state index contributed by atoms with van der Waals surface area (Å²) in [5, 5.41) is 4.66. The van der Waals surface area contributed by atoms with E-state index in [-0.39, 0.29) is 0 Å². The summed E-state index contributed by atoms with van der Waals surface area (Å²) >= 11 is 0. The highest BCUT2D eigenvalue weighted by Gasteiger charge is 2.15. The molecule has 5 heteroatoms. The minimum Gasteiger partial charge on any atom is -0.436 e. The molecule has 9 rings (SSSR count). The largest absolute Gasteiger partial charge is 0.436 e. The molecule has 47 heavy (non-hydrogen) atoms. The normalized spacial score (nSPS) is 11.4. The van der Waals surface area contributed by atoms with E-state index < -0.39 is 0 Å². The summed E-state index contributed by atoms with van der Waals surface area (Å²) in [5.74, 6) is 2.42. The first-order valence-electron chi connectivity index (χ1n) is 15.6. The van der Waals surface area contributed by atoms with Crippen molar-refractivity contribution in [1.82, 2.24) is 19.9 Å². The zero-order valence-electron chi connectivity index (χ0n) is 25.2. The van der Waals surface area contributed by atoms with Gasteiger partial charge in [-0.05, 0) is 45.5 Å². The van der Waals surface area contributed by atoms with E-state index in [9.17, 15) is 0 Å². The molecule has 0 aliphatic rings. The fraction of sp³-hybridized carbons (Fsp3) is 0. The molecule has 0 radical (unpaired) electrons. The predicted octanol–water partition coefficient (Wildman–Crippen LogP) is 10.7. The molecule has 0 amide bonds. The molecule has 0 spiro atoms. The third-order valence-corrected chi connectivity index (χ3v) is 8.58. The second-order valence-corrected chi connectivity index (χ2v) is 11.5. The maximum atomic E-state index is 6.17. The maximum Gasteiger partial charge on any atom is 0.227 e. The zero-order valence-corrected chi connectivity index (χ0v) is 25.2. The van der Waals surface area contributed by atoms with Crippen molar-refractivity contribution in [3.8, 4) is 56.7 Å². The molecule has 0 saturated heterocycles. The van der Waals surface area contributed by atoms with Gasteiger partial charge in [0.25, 0.3) is 0 Å². The van der Waals surface area contributed by atoms with Gasteiger partial charge in [0, 0.05) is 27.6 Å². The van der Waals surface area contributed by atoms with Crippen LogP contribution in [0.3, 0.4) is 0 Å². The van der Waals surface area contributed by atoms with E-state index in [2.05, 4.69) is 84.9 Å². The molecular formula is C42H26N4O. The lowest BCUT2D eigenvalue weighted by Gasteiger charge is -2.10. The molecule has 0 atom stereocenters. The van der Waals surface area contributed by atoms with Crippen molar-refractivity contribution in [2.45, 2.75) is 0 Å². The van der Waals surface area contributed by atoms with Gasteiger partial charge in [0.15, 0.2) is 23.1 Å². The van der Waals surface area contributed by atoms with Crippen LogP contribution < -0.4 is 0 Å². The van der Waals surface area contributed by atoms with Crippen molar-refractivity contribution in [3.05, 3.63) is 158 Å². The van der Waals surface area contributed by atoms with E-state index in [1.807, 2.05) is 72.8 Å². The Balaban J connectivity index is 1.09. The van der Waals surface area contributed by atoms with Gasteiger partial charge in [-0.1, -0.05) is 140 Å². The lowest BCUT2D eigenvalue weighted by atomic mass is 9.97. The molecule has 0 fully saturated rings. The van der Waals surface area contributed by atoms with Crippen LogP contribution in [0.2, 0.25) is 0 Å². The van der Waals surface area contributed by atoms with E-state index in [1.54, 1.807) is 0 Å². The van der Waals surface area contributed by atoms with Crippen molar-refractivity contribution < 1.29 is 4.42 Å². The average Bonchev–Trinajstić information content (AvgIpc) is 3.60. The number of oxazole rings is 1. The first-order chi connectivity index (χ1) is 23.3. The van der Waals surface area contributed by atoms with Gasteiger partial charge < -0.3 is 4.42 Å². The Kier molecular flexibility index (Phi) is 6.39. The Labute approximate surface area is 270 Å². The minimum atomic E-state index is 0.579. The lowest BCUT2D eigenvalue weighted by molar-refractivity contribution is 0.620. The van der Waals surface area contributed by atoms with Crippen molar-refractivity contribution in [1.29, 1.82) is 0 Å². The molecule has 0 aliphatic heterocycles. The van der Waals surface area contributed by atoms with Crippen LogP contribution >= 0.6 is 0 Å². The molecule has 5 nitrogen and oxygen atoms in total. The monoisotopic (exact) mass is 602 g/mol. The van der Waals surface area contributed by atoms with Crippen LogP contribution in [0.25, 0.3) is 89.4 Å². The zero-order chi connectivity index (χ0) is 31.2. The molecule has 7 aromatic carbocycles. The third-order valence-electron chi connectivity index (χ3n) is 8.58. The van der Waals surface area contributed by atoms with Crippen molar-refractivity contribution >= 4 is 32.6 Å². The Morgan fingerprint density at radius 2 is 0.851 bits per heavy atom. The Morgan fingerprint density at radius 3 is 1.53 bits per heavy atom. The van der Waals surface area contributed by atoms with E-state index in [0.717, 1.165) is 49.7 Å². The number of fused-ring (bicyclic) bond motifs is 4. The number of aromatic nitrogens is 4. The first-order valence-corrected chi connectivity index (χ1v) is 15.6. The molecule has 2 heterocycles. The molecule has 0 aliphatic carbocycles. The molecule has 0 N–H and O–H groups in total. The summed E-state index contributed by atoms with van der Waals surface area (Å²) in [7, 11) is 0. The highest BCUT2D eigenvalue weighted by molar-refractivity contribution is 6.04. The fourth-order valence-electron chi connectivity index (χ4n) is 6.17. The van der Waals surface area contributed by atoms with Crippen LogP contribution in [0.4, 0.5) is 0 Å². The van der Waals surface area contributed by atoms with E-state index in [1.165, 1.54) is 16.3 Å². The quantitative estimate of drug-likeness (QED) is 0.196. The topological polar surface area (TPSA) is 64.7 Å². The van der Waals surface area contributed by atoms with Gasteiger partial charge >= 0.3 is 0 Å². The highest BCUT2D eigenvalue weighted by Crippen LogP contribution is 2.33.